The van der Waals surface area contributed by atoms with Gasteiger partial charge in [-0.15, -0.1) is 0 Å². The molecule has 8 heterocycles. The van der Waals surface area contributed by atoms with E-state index in [0.29, 0.717) is 51.4 Å². The van der Waals surface area contributed by atoms with Crippen LogP contribution in [-0.2, 0) is 4.74 Å². The van der Waals surface area contributed by atoms with Crippen LogP contribution in [0, 0.1) is 31.3 Å². The predicted octanol–water partition coefficient (Wildman–Crippen LogP) is 6.90. The molecule has 68 heavy (non-hydrogen) atoms. The topological polar surface area (TPSA) is 209 Å². The molecule has 0 unspecified atom stereocenters. The van der Waals surface area contributed by atoms with Crippen LogP contribution in [0.4, 0.5) is 10.5 Å². The zero-order valence-corrected chi connectivity index (χ0v) is 42.7. The Balaban J connectivity index is 0.000000146. The van der Waals surface area contributed by atoms with E-state index < -0.39 is 5.60 Å². The highest BCUT2D eigenvalue weighted by Crippen LogP contribution is 2.26. The Labute approximate surface area is 407 Å². The maximum Gasteiger partial charge on any atom is 0.410 e. The Hall–Kier alpha value is -6.32. The lowest BCUT2D eigenvalue weighted by molar-refractivity contribution is -0.00269. The molecule has 10 rings (SSSR count). The van der Waals surface area contributed by atoms with Gasteiger partial charge in [-0.25, -0.2) is 23.8 Å². The number of aryl methyl sites for hydroxylation is 4. The number of aromatic nitrogens is 10. The first kappa shape index (κ1) is 48.1. The van der Waals surface area contributed by atoms with Gasteiger partial charge in [0.2, 0.25) is 0 Å². The zero-order valence-electron chi connectivity index (χ0n) is 40.5. The standard InChI is InChI=1S/C22H25N7O.C16H12IN5O.C11H22N2O2/c1-13-11-29-19(14(2)24-13)10-18(27-29)20-25-17-6-5-15(9-16(17)21(30)26-20)28-8-7-23-22(3,4)12-28;1-8-7-22-14(9(2)18-8)6-13(21-22)15-19-12-4-3-10(17)5-11(12)16(23)20-15;1-10(2,3)15-9(14)13-7-6-12-8-11(13,4)5/h5-6,9-11,23H,7-8,12H2,1-4H3,(H,25,26,30);3-7H,1-2H3,(H,19,20,23);12H,6-8H2,1-5H3. The second-order valence-electron chi connectivity index (χ2n) is 19.7. The molecule has 18 nitrogen and oxygen atoms in total. The molecule has 0 aliphatic carbocycles. The third-order valence-electron chi connectivity index (χ3n) is 11.7. The molecule has 0 saturated carbocycles. The molecule has 2 fully saturated rings. The molecule has 0 bridgehead atoms. The van der Waals surface area contributed by atoms with Crippen molar-refractivity contribution in [2.24, 2.45) is 0 Å². The van der Waals surface area contributed by atoms with Gasteiger partial charge < -0.3 is 35.1 Å². The van der Waals surface area contributed by atoms with Crippen molar-refractivity contribution in [3.05, 3.63) is 108 Å². The highest BCUT2D eigenvalue weighted by Gasteiger charge is 2.36. The SMILES string of the molecule is CC(C)(C)OC(=O)N1CCNCC1(C)C.Cc1cn2nc(-c3nc4ccc(I)cc4c(=O)[nH]3)cc2c(C)n1.Cc1cn2nc(-c3nc4ccc(N5CCNC(C)(C)C5)cc4c(=O)[nH]3)cc2c(C)n1. The van der Waals surface area contributed by atoms with Gasteiger partial charge in [0.1, 0.15) is 17.0 Å². The van der Waals surface area contributed by atoms with Crippen molar-refractivity contribution in [1.29, 1.82) is 0 Å². The summed E-state index contributed by atoms with van der Waals surface area (Å²) < 4.78 is 9.93. The fourth-order valence-electron chi connectivity index (χ4n) is 8.49. The van der Waals surface area contributed by atoms with Crippen molar-refractivity contribution in [2.75, 3.05) is 44.2 Å². The Morgan fingerprint density at radius 2 is 1.26 bits per heavy atom. The van der Waals surface area contributed by atoms with E-state index >= 15 is 0 Å². The number of anilines is 1. The smallest absolute Gasteiger partial charge is 0.410 e. The number of carbonyl (C=O) groups is 1. The summed E-state index contributed by atoms with van der Waals surface area (Å²) in [7, 11) is 0. The fourth-order valence-corrected chi connectivity index (χ4v) is 8.98. The lowest BCUT2D eigenvalue weighted by Crippen LogP contribution is -2.60. The maximum absolute atomic E-state index is 12.9. The summed E-state index contributed by atoms with van der Waals surface area (Å²) in [6.45, 7) is 26.9. The van der Waals surface area contributed by atoms with E-state index in [2.05, 4.69) is 92.1 Å². The van der Waals surface area contributed by atoms with E-state index in [0.717, 1.165) is 75.8 Å². The predicted molar refractivity (Wildman–Crippen MR) is 275 cm³/mol. The van der Waals surface area contributed by atoms with Crippen molar-refractivity contribution in [3.8, 4) is 23.0 Å². The average molecular weight is 1040 g/mol. The summed E-state index contributed by atoms with van der Waals surface area (Å²) in [6.07, 6.45) is 3.51. The van der Waals surface area contributed by atoms with Gasteiger partial charge in [-0.3, -0.25) is 19.6 Å². The number of hydrogen-bond donors (Lipinski definition) is 4. The number of rotatable bonds is 3. The van der Waals surface area contributed by atoms with E-state index in [9.17, 15) is 14.4 Å². The molecule has 2 aliphatic rings. The van der Waals surface area contributed by atoms with Crippen LogP contribution in [0.3, 0.4) is 0 Å². The number of benzene rings is 2. The van der Waals surface area contributed by atoms with Gasteiger partial charge in [0.05, 0.1) is 73.5 Å². The van der Waals surface area contributed by atoms with Crippen molar-refractivity contribution in [1.82, 2.24) is 64.7 Å². The van der Waals surface area contributed by atoms with Crippen LogP contribution >= 0.6 is 22.6 Å². The number of nitrogens with one attached hydrogen (secondary N) is 4. The molecule has 2 saturated heterocycles. The Morgan fingerprint density at radius 1 is 0.721 bits per heavy atom. The number of hydrogen-bond acceptors (Lipinski definition) is 13. The second-order valence-corrected chi connectivity index (χ2v) is 20.9. The number of fused-ring (bicyclic) bond motifs is 4. The molecule has 2 aliphatic heterocycles. The van der Waals surface area contributed by atoms with Gasteiger partial charge in [-0.05, 0) is 147 Å². The summed E-state index contributed by atoms with van der Waals surface area (Å²) >= 11 is 2.18. The Kier molecular flexibility index (Phi) is 13.2. The molecule has 6 aromatic heterocycles. The number of aromatic amines is 2. The van der Waals surface area contributed by atoms with Crippen LogP contribution < -0.4 is 26.7 Å². The molecule has 8 aromatic rings. The molecule has 0 spiro atoms. The number of ether oxygens (including phenoxy) is 1. The van der Waals surface area contributed by atoms with Crippen molar-refractivity contribution in [2.45, 2.75) is 92.8 Å². The molecular weight excluding hydrogens is 976 g/mol. The lowest BCUT2D eigenvalue weighted by Gasteiger charge is -2.42. The van der Waals surface area contributed by atoms with E-state index in [1.807, 2.05) is 123 Å². The summed E-state index contributed by atoms with van der Waals surface area (Å²) in [5.41, 5.74) is 8.10. The minimum Gasteiger partial charge on any atom is -0.444 e. The quantitative estimate of drug-likeness (QED) is 0.133. The lowest BCUT2D eigenvalue weighted by atomic mass is 10.0. The largest absolute Gasteiger partial charge is 0.444 e. The van der Waals surface area contributed by atoms with Crippen LogP contribution in [0.2, 0.25) is 0 Å². The molecule has 356 valence electrons. The third kappa shape index (κ3) is 10.7. The molecular formula is C49H59IN14O4. The maximum atomic E-state index is 12.9. The van der Waals surface area contributed by atoms with Crippen molar-refractivity contribution >= 4 is 67.2 Å². The van der Waals surface area contributed by atoms with E-state index in [-0.39, 0.29) is 28.3 Å². The van der Waals surface area contributed by atoms with Crippen molar-refractivity contribution < 1.29 is 9.53 Å². The van der Waals surface area contributed by atoms with Crippen LogP contribution in [0.5, 0.6) is 0 Å². The van der Waals surface area contributed by atoms with Gasteiger partial charge >= 0.3 is 6.09 Å². The van der Waals surface area contributed by atoms with Gasteiger partial charge in [-0.2, -0.15) is 10.2 Å². The van der Waals surface area contributed by atoms with Crippen LogP contribution in [0.25, 0.3) is 55.9 Å². The van der Waals surface area contributed by atoms with Crippen LogP contribution in [0.15, 0.2) is 70.5 Å². The normalized spacial score (nSPS) is 15.8. The number of halogens is 1. The van der Waals surface area contributed by atoms with Gasteiger partial charge in [0.15, 0.2) is 11.6 Å². The highest BCUT2D eigenvalue weighted by atomic mass is 127. The summed E-state index contributed by atoms with van der Waals surface area (Å²) in [6, 6.07) is 15.3. The van der Waals surface area contributed by atoms with Gasteiger partial charge in [0, 0.05) is 54.1 Å². The first-order chi connectivity index (χ1) is 32.0. The number of amides is 1. The van der Waals surface area contributed by atoms with E-state index in [1.54, 1.807) is 13.9 Å². The van der Waals surface area contributed by atoms with Gasteiger partial charge in [0.25, 0.3) is 11.1 Å². The molecule has 1 amide bonds. The summed E-state index contributed by atoms with van der Waals surface area (Å²) in [5, 5.41) is 17.1. The third-order valence-corrected chi connectivity index (χ3v) is 12.4. The number of piperazine rings is 2. The van der Waals surface area contributed by atoms with Crippen molar-refractivity contribution in [3.63, 3.8) is 0 Å². The minimum atomic E-state index is -0.419. The molecule has 4 N–H and O–H groups in total. The minimum absolute atomic E-state index is 0.0379. The number of H-pyrrole nitrogens is 2. The Morgan fingerprint density at radius 3 is 1.79 bits per heavy atom. The average Bonchev–Trinajstić information content (AvgIpc) is 3.89. The van der Waals surface area contributed by atoms with Crippen LogP contribution in [-0.4, -0.2) is 116 Å². The fraction of sp³-hybridized carbons (Fsp3) is 0.408. The molecule has 0 atom stereocenters. The first-order valence-corrected chi connectivity index (χ1v) is 23.7. The van der Waals surface area contributed by atoms with Gasteiger partial charge in [-0.1, -0.05) is 0 Å². The number of nitrogens with zero attached hydrogens (tertiary/aromatic N) is 10. The molecule has 19 heteroatoms. The summed E-state index contributed by atoms with van der Waals surface area (Å²) in [4.78, 5) is 65.1. The monoisotopic (exact) mass is 1030 g/mol. The molecule has 0 radical (unpaired) electrons. The molecule has 2 aromatic carbocycles. The van der Waals surface area contributed by atoms with E-state index in [1.165, 1.54) is 0 Å². The Bertz CT molecular complexity index is 3330. The number of carbonyl (C=O) groups excluding carboxylic acids is 1. The zero-order chi connectivity index (χ0) is 48.9. The first-order valence-electron chi connectivity index (χ1n) is 22.7. The van der Waals surface area contributed by atoms with Crippen LogP contribution in [0.1, 0.15) is 71.2 Å². The highest BCUT2D eigenvalue weighted by molar-refractivity contribution is 14.1. The summed E-state index contributed by atoms with van der Waals surface area (Å²) in [5.74, 6) is 0.925. The van der Waals surface area contributed by atoms with E-state index in [4.69, 9.17) is 4.74 Å². The second kappa shape index (κ2) is 18.6.